The fraction of sp³-hybridized carbons (Fsp3) is 0.400. The summed E-state index contributed by atoms with van der Waals surface area (Å²) in [6.07, 6.45) is 3.35. The largest absolute Gasteiger partial charge is 0.497 e. The lowest BCUT2D eigenvalue weighted by molar-refractivity contribution is -0.0931. The van der Waals surface area contributed by atoms with E-state index in [0.717, 1.165) is 16.7 Å². The van der Waals surface area contributed by atoms with Crippen LogP contribution in [0.4, 0.5) is 11.8 Å². The van der Waals surface area contributed by atoms with Crippen LogP contribution < -0.4 is 9.47 Å². The summed E-state index contributed by atoms with van der Waals surface area (Å²) in [5, 5.41) is 15.3. The minimum Gasteiger partial charge on any atom is -0.497 e. The van der Waals surface area contributed by atoms with E-state index in [1.807, 2.05) is 106 Å². The third kappa shape index (κ3) is 11.2. The number of hydrogen-bond acceptors (Lipinski definition) is 14. The van der Waals surface area contributed by atoms with Crippen LogP contribution in [0.1, 0.15) is 63.5 Å². The number of methoxy groups -OCH3 is 2. The number of nitrogens with zero attached hydrogens (tertiary/aromatic N) is 10. The summed E-state index contributed by atoms with van der Waals surface area (Å²) in [7, 11) is 9.09. The number of aliphatic imine (C=N–C) groups is 2. The van der Waals surface area contributed by atoms with Gasteiger partial charge in [0.1, 0.15) is 28.9 Å². The summed E-state index contributed by atoms with van der Waals surface area (Å²) >= 11 is 0. The van der Waals surface area contributed by atoms with Gasteiger partial charge in [-0.15, -0.1) is 0 Å². The Kier molecular flexibility index (Phi) is 16.6. The highest BCUT2D eigenvalue weighted by Crippen LogP contribution is 2.51. The van der Waals surface area contributed by atoms with E-state index in [4.69, 9.17) is 52.5 Å². The van der Waals surface area contributed by atoms with Gasteiger partial charge in [-0.25, -0.2) is 19.3 Å². The van der Waals surface area contributed by atoms with Crippen molar-refractivity contribution >= 4 is 44.0 Å². The third-order valence-electron chi connectivity index (χ3n) is 11.1. The van der Waals surface area contributed by atoms with E-state index < -0.39 is 32.6 Å². The van der Waals surface area contributed by atoms with Gasteiger partial charge in [0.15, 0.2) is 23.5 Å². The lowest BCUT2D eigenvalue weighted by Crippen LogP contribution is -2.39. The maximum absolute atomic E-state index is 9.55. The Hall–Kier alpha value is -6.25. The molecule has 4 atom stereocenters. The number of fused-ring (bicyclic) bond motifs is 1. The summed E-state index contributed by atoms with van der Waals surface area (Å²) in [6, 6.07) is 31.9. The second kappa shape index (κ2) is 22.7. The van der Waals surface area contributed by atoms with E-state index in [0.29, 0.717) is 46.2 Å². The topological polar surface area (TPSA) is 170 Å². The van der Waals surface area contributed by atoms with Crippen LogP contribution in [-0.2, 0) is 24.1 Å². The molecule has 0 aliphatic carbocycles. The van der Waals surface area contributed by atoms with Crippen molar-refractivity contribution in [3.8, 4) is 29.0 Å². The predicted molar refractivity (Wildman–Crippen MR) is 264 cm³/mol. The van der Waals surface area contributed by atoms with Gasteiger partial charge in [-0.2, -0.15) is 20.3 Å². The number of benzene rings is 3. The van der Waals surface area contributed by atoms with E-state index in [1.54, 1.807) is 48.8 Å². The van der Waals surface area contributed by atoms with E-state index in [2.05, 4.69) is 55.6 Å². The molecular formula is C50H61N10O7P. The van der Waals surface area contributed by atoms with E-state index in [-0.39, 0.29) is 37.7 Å². The van der Waals surface area contributed by atoms with Crippen molar-refractivity contribution < 1.29 is 32.4 Å². The molecule has 6 aromatic rings. The standard InChI is InChI=1S/C50H61N10O7P/c1-34(2)60(35(3)4)68(65-29-15-27-51)67-42-30-44(59-48-45(46(56-59)41-18-14-28-63-41)47(52-32-57(5)6)54-49(55-48)53-33-58(7)8)66-43(42)31-64-50(36-16-12-11-13-17-36,37-19-23-39(61-9)24-20-37)38-21-25-40(62-10)26-22-38/h11-14,16-26,28,32-35,42-44H,15,29-31H2,1-10H3/b52-32-,53-33+. The summed E-state index contributed by atoms with van der Waals surface area (Å²) < 4.78 is 49.5. The predicted octanol–water partition coefficient (Wildman–Crippen LogP) is 9.50. The van der Waals surface area contributed by atoms with E-state index in [9.17, 15) is 5.26 Å². The zero-order valence-corrected chi connectivity index (χ0v) is 41.3. The van der Waals surface area contributed by atoms with Crippen molar-refractivity contribution in [1.82, 2.24) is 34.2 Å². The fourth-order valence-electron chi connectivity index (χ4n) is 8.09. The smallest absolute Gasteiger partial charge is 0.259 e. The van der Waals surface area contributed by atoms with Gasteiger partial charge in [-0.3, -0.25) is 0 Å². The molecule has 358 valence electrons. The molecule has 3 aromatic heterocycles. The SMILES string of the molecule is COc1ccc(C(OCC2OC(n3nc(-c4ccco4)c4c(/N=C\N(C)C)nc(/N=C/N(C)C)nc43)CC2OP(OCCC#N)N(C(C)C)C(C)C)(c2ccccc2)c2ccc(OC)cc2)cc1. The van der Waals surface area contributed by atoms with Crippen LogP contribution in [0.5, 0.6) is 11.5 Å². The molecule has 17 nitrogen and oxygen atoms in total. The molecule has 3 aromatic carbocycles. The molecule has 1 aliphatic heterocycles. The zero-order chi connectivity index (χ0) is 48.4. The molecule has 4 unspecified atom stereocenters. The van der Waals surface area contributed by atoms with Crippen molar-refractivity contribution in [3.05, 3.63) is 114 Å². The number of rotatable bonds is 22. The molecule has 0 spiro atoms. The number of nitriles is 1. The Morgan fingerprint density at radius 2 is 1.46 bits per heavy atom. The van der Waals surface area contributed by atoms with E-state index in [1.165, 1.54) is 0 Å². The number of furan rings is 1. The maximum atomic E-state index is 9.55. The molecule has 1 aliphatic rings. The molecule has 7 rings (SSSR count). The lowest BCUT2D eigenvalue weighted by atomic mass is 9.80. The highest BCUT2D eigenvalue weighted by Gasteiger charge is 2.46. The van der Waals surface area contributed by atoms with Crippen LogP contribution in [0.25, 0.3) is 22.5 Å². The molecule has 68 heavy (non-hydrogen) atoms. The highest BCUT2D eigenvalue weighted by atomic mass is 31.2. The van der Waals surface area contributed by atoms with Crippen LogP contribution in [0, 0.1) is 11.3 Å². The normalized spacial score (nSPS) is 17.0. The monoisotopic (exact) mass is 944 g/mol. The minimum atomic E-state index is -1.71. The average molecular weight is 945 g/mol. The van der Waals surface area contributed by atoms with Crippen molar-refractivity contribution in [1.29, 1.82) is 5.26 Å². The Bertz CT molecular complexity index is 2580. The van der Waals surface area contributed by atoms with Gasteiger partial charge in [-0.1, -0.05) is 54.6 Å². The second-order valence-corrected chi connectivity index (χ2v) is 18.5. The summed E-state index contributed by atoms with van der Waals surface area (Å²) in [6.45, 7) is 8.68. The molecule has 0 amide bonds. The number of aromatic nitrogens is 4. The summed E-state index contributed by atoms with van der Waals surface area (Å²) in [5.41, 5.74) is 2.38. The Morgan fingerprint density at radius 3 is 2.01 bits per heavy atom. The van der Waals surface area contributed by atoms with Crippen molar-refractivity contribution in [2.45, 2.75) is 76.7 Å². The summed E-state index contributed by atoms with van der Waals surface area (Å²) in [4.78, 5) is 22.7. The van der Waals surface area contributed by atoms with Crippen LogP contribution in [0.15, 0.2) is 112 Å². The van der Waals surface area contributed by atoms with Gasteiger partial charge in [0, 0.05) is 46.7 Å². The van der Waals surface area contributed by atoms with Gasteiger partial charge >= 0.3 is 0 Å². The van der Waals surface area contributed by atoms with Gasteiger partial charge in [-0.05, 0) is 80.8 Å². The first-order chi connectivity index (χ1) is 32.9. The fourth-order valence-corrected chi connectivity index (χ4v) is 9.84. The van der Waals surface area contributed by atoms with Gasteiger partial charge < -0.3 is 42.2 Å². The first-order valence-corrected chi connectivity index (χ1v) is 23.6. The van der Waals surface area contributed by atoms with Crippen LogP contribution in [-0.4, -0.2) is 127 Å². The molecule has 4 heterocycles. The Labute approximate surface area is 399 Å². The first-order valence-electron chi connectivity index (χ1n) is 22.5. The zero-order valence-electron chi connectivity index (χ0n) is 40.4. The Balaban J connectivity index is 1.40. The Morgan fingerprint density at radius 1 is 0.838 bits per heavy atom. The van der Waals surface area contributed by atoms with Crippen LogP contribution >= 0.6 is 8.53 Å². The molecule has 0 bridgehead atoms. The summed E-state index contributed by atoms with van der Waals surface area (Å²) in [5.74, 6) is 2.45. The molecular weight excluding hydrogens is 884 g/mol. The molecule has 18 heteroatoms. The lowest BCUT2D eigenvalue weighted by Gasteiger charge is -2.39. The van der Waals surface area contributed by atoms with Crippen LogP contribution in [0.3, 0.4) is 0 Å². The number of ether oxygens (including phenoxy) is 4. The molecule has 1 fully saturated rings. The number of hydrogen-bond donors (Lipinski definition) is 0. The molecule has 1 saturated heterocycles. The quantitative estimate of drug-likeness (QED) is 0.0207. The minimum absolute atomic E-state index is 0.0504. The second-order valence-electron chi connectivity index (χ2n) is 17.1. The van der Waals surface area contributed by atoms with Crippen molar-refractivity contribution in [2.75, 3.05) is 55.6 Å². The third-order valence-corrected chi connectivity index (χ3v) is 13.2. The van der Waals surface area contributed by atoms with Crippen LogP contribution in [0.2, 0.25) is 0 Å². The van der Waals surface area contributed by atoms with Gasteiger partial charge in [0.2, 0.25) is 0 Å². The van der Waals surface area contributed by atoms with Gasteiger partial charge in [0.05, 0.1) is 70.4 Å². The van der Waals surface area contributed by atoms with E-state index >= 15 is 0 Å². The average Bonchev–Trinajstić information content (AvgIpc) is 4.10. The van der Waals surface area contributed by atoms with Crippen molar-refractivity contribution in [3.63, 3.8) is 0 Å². The first kappa shape index (κ1) is 49.6. The highest BCUT2D eigenvalue weighted by molar-refractivity contribution is 7.44. The van der Waals surface area contributed by atoms with Crippen molar-refractivity contribution in [2.24, 2.45) is 9.98 Å². The molecule has 0 saturated carbocycles. The maximum Gasteiger partial charge on any atom is 0.259 e. The molecule has 0 N–H and O–H groups in total. The molecule has 0 radical (unpaired) electrons. The van der Waals surface area contributed by atoms with Gasteiger partial charge in [0.25, 0.3) is 14.5 Å².